The molecule has 1 fully saturated rings. The Morgan fingerprint density at radius 2 is 1.71 bits per heavy atom. The van der Waals surface area contributed by atoms with Crippen LogP contribution in [0.4, 0.5) is 0 Å². The Balaban J connectivity index is 1.68. The standard InChI is InChI=1S/C16H22N2O2S/c19-15(12-6-2-1-3-7-12)17-10-11-18-16(20)13-8-4-5-9-14(13)21/h4-5,8-9,12,21H,1-3,6-7,10-11H2,(H,17,19)(H,18,20). The topological polar surface area (TPSA) is 58.2 Å². The molecule has 0 radical (unpaired) electrons. The van der Waals surface area contributed by atoms with Gasteiger partial charge in [0.1, 0.15) is 0 Å². The number of thiol groups is 1. The molecule has 1 aromatic rings. The molecular formula is C16H22N2O2S. The van der Waals surface area contributed by atoms with E-state index < -0.39 is 0 Å². The molecule has 4 nitrogen and oxygen atoms in total. The first kappa shape index (κ1) is 15.9. The van der Waals surface area contributed by atoms with E-state index in [9.17, 15) is 9.59 Å². The van der Waals surface area contributed by atoms with E-state index in [1.54, 1.807) is 18.2 Å². The van der Waals surface area contributed by atoms with Gasteiger partial charge in [0, 0.05) is 23.9 Å². The van der Waals surface area contributed by atoms with Gasteiger partial charge in [-0.05, 0) is 25.0 Å². The van der Waals surface area contributed by atoms with Crippen LogP contribution in [0.3, 0.4) is 0 Å². The monoisotopic (exact) mass is 306 g/mol. The maximum absolute atomic E-state index is 11.9. The Kier molecular flexibility index (Phi) is 6.11. The van der Waals surface area contributed by atoms with Gasteiger partial charge in [-0.15, -0.1) is 12.6 Å². The molecule has 0 heterocycles. The minimum Gasteiger partial charge on any atom is -0.354 e. The summed E-state index contributed by atoms with van der Waals surface area (Å²) in [5.74, 6) is 0.124. The first-order chi connectivity index (χ1) is 10.2. The Labute approximate surface area is 131 Å². The SMILES string of the molecule is O=C(NCCNC(=O)C1CCCCC1)c1ccccc1S. The molecule has 0 atom stereocenters. The van der Waals surface area contributed by atoms with Crippen molar-refractivity contribution in [1.82, 2.24) is 10.6 Å². The van der Waals surface area contributed by atoms with Crippen molar-refractivity contribution in [2.75, 3.05) is 13.1 Å². The van der Waals surface area contributed by atoms with Crippen LogP contribution in [0.15, 0.2) is 29.2 Å². The van der Waals surface area contributed by atoms with Crippen molar-refractivity contribution in [3.63, 3.8) is 0 Å². The normalized spacial score (nSPS) is 15.5. The highest BCUT2D eigenvalue weighted by Gasteiger charge is 2.20. The molecule has 0 aliphatic heterocycles. The van der Waals surface area contributed by atoms with Gasteiger partial charge < -0.3 is 10.6 Å². The van der Waals surface area contributed by atoms with Crippen LogP contribution in [-0.2, 0) is 4.79 Å². The van der Waals surface area contributed by atoms with Gasteiger partial charge in [0.2, 0.25) is 5.91 Å². The van der Waals surface area contributed by atoms with E-state index in [0.29, 0.717) is 23.5 Å². The second-order valence-corrected chi connectivity index (χ2v) is 5.88. The second-order valence-electron chi connectivity index (χ2n) is 5.40. The zero-order valence-corrected chi connectivity index (χ0v) is 13.0. The zero-order valence-electron chi connectivity index (χ0n) is 12.1. The van der Waals surface area contributed by atoms with Gasteiger partial charge in [0.15, 0.2) is 0 Å². The highest BCUT2D eigenvalue weighted by atomic mass is 32.1. The first-order valence-electron chi connectivity index (χ1n) is 7.52. The Morgan fingerprint density at radius 3 is 2.43 bits per heavy atom. The molecule has 0 aromatic heterocycles. The van der Waals surface area contributed by atoms with Crippen LogP contribution in [-0.4, -0.2) is 24.9 Å². The van der Waals surface area contributed by atoms with Crippen LogP contribution < -0.4 is 10.6 Å². The van der Waals surface area contributed by atoms with E-state index in [1.165, 1.54) is 6.42 Å². The summed E-state index contributed by atoms with van der Waals surface area (Å²) in [7, 11) is 0. The fourth-order valence-corrected chi connectivity index (χ4v) is 2.89. The molecule has 114 valence electrons. The quantitative estimate of drug-likeness (QED) is 0.578. The number of benzene rings is 1. The Morgan fingerprint density at radius 1 is 1.05 bits per heavy atom. The zero-order chi connectivity index (χ0) is 15.1. The van der Waals surface area contributed by atoms with E-state index in [2.05, 4.69) is 23.3 Å². The lowest BCUT2D eigenvalue weighted by Crippen LogP contribution is -2.38. The molecule has 2 rings (SSSR count). The van der Waals surface area contributed by atoms with E-state index >= 15 is 0 Å². The predicted octanol–water partition coefficient (Wildman–Crippen LogP) is 2.40. The molecule has 21 heavy (non-hydrogen) atoms. The van der Waals surface area contributed by atoms with Crippen molar-refractivity contribution in [2.45, 2.75) is 37.0 Å². The largest absolute Gasteiger partial charge is 0.354 e. The van der Waals surface area contributed by atoms with Crippen molar-refractivity contribution in [2.24, 2.45) is 5.92 Å². The summed E-state index contributed by atoms with van der Waals surface area (Å²) in [6, 6.07) is 7.16. The van der Waals surface area contributed by atoms with E-state index in [-0.39, 0.29) is 17.7 Å². The van der Waals surface area contributed by atoms with Gasteiger partial charge in [-0.3, -0.25) is 9.59 Å². The first-order valence-corrected chi connectivity index (χ1v) is 7.97. The van der Waals surface area contributed by atoms with Gasteiger partial charge in [-0.25, -0.2) is 0 Å². The van der Waals surface area contributed by atoms with Crippen LogP contribution in [0.2, 0.25) is 0 Å². The maximum atomic E-state index is 11.9. The predicted molar refractivity (Wildman–Crippen MR) is 85.6 cm³/mol. The van der Waals surface area contributed by atoms with Crippen molar-refractivity contribution in [3.05, 3.63) is 29.8 Å². The number of amides is 2. The summed E-state index contributed by atoms with van der Waals surface area (Å²) in [4.78, 5) is 24.5. The van der Waals surface area contributed by atoms with Crippen LogP contribution in [0.5, 0.6) is 0 Å². The molecule has 1 aliphatic carbocycles. The second kappa shape index (κ2) is 8.08. The average molecular weight is 306 g/mol. The molecule has 2 amide bonds. The van der Waals surface area contributed by atoms with Gasteiger partial charge in [0.05, 0.1) is 5.56 Å². The van der Waals surface area contributed by atoms with Gasteiger partial charge in [-0.2, -0.15) is 0 Å². The molecule has 1 saturated carbocycles. The number of carbonyl (C=O) groups is 2. The summed E-state index contributed by atoms with van der Waals surface area (Å²) < 4.78 is 0. The third-order valence-electron chi connectivity index (χ3n) is 3.83. The fourth-order valence-electron chi connectivity index (χ4n) is 2.63. The van der Waals surface area contributed by atoms with E-state index in [0.717, 1.165) is 25.7 Å². The van der Waals surface area contributed by atoms with Crippen LogP contribution in [0.25, 0.3) is 0 Å². The molecule has 0 bridgehead atoms. The molecule has 1 aliphatic rings. The number of hydrogen-bond acceptors (Lipinski definition) is 3. The number of nitrogens with one attached hydrogen (secondary N) is 2. The lowest BCUT2D eigenvalue weighted by molar-refractivity contribution is -0.125. The van der Waals surface area contributed by atoms with Crippen LogP contribution >= 0.6 is 12.6 Å². The van der Waals surface area contributed by atoms with E-state index in [4.69, 9.17) is 0 Å². The van der Waals surface area contributed by atoms with E-state index in [1.807, 2.05) is 6.07 Å². The molecular weight excluding hydrogens is 284 g/mol. The van der Waals surface area contributed by atoms with Crippen molar-refractivity contribution >= 4 is 24.4 Å². The average Bonchev–Trinajstić information content (AvgIpc) is 2.52. The minimum atomic E-state index is -0.160. The van der Waals surface area contributed by atoms with Gasteiger partial charge >= 0.3 is 0 Å². The van der Waals surface area contributed by atoms with Crippen LogP contribution in [0, 0.1) is 5.92 Å². The highest BCUT2D eigenvalue weighted by Crippen LogP contribution is 2.23. The third kappa shape index (κ3) is 4.77. The molecule has 2 N–H and O–H groups in total. The molecule has 1 aromatic carbocycles. The molecule has 0 unspecified atom stereocenters. The van der Waals surface area contributed by atoms with Crippen molar-refractivity contribution in [1.29, 1.82) is 0 Å². The summed E-state index contributed by atoms with van der Waals surface area (Å²) >= 11 is 4.25. The van der Waals surface area contributed by atoms with Crippen LogP contribution in [0.1, 0.15) is 42.5 Å². The van der Waals surface area contributed by atoms with Crippen molar-refractivity contribution in [3.8, 4) is 0 Å². The highest BCUT2D eigenvalue weighted by molar-refractivity contribution is 7.80. The summed E-state index contributed by atoms with van der Waals surface area (Å²) in [6.07, 6.45) is 5.51. The maximum Gasteiger partial charge on any atom is 0.252 e. The summed E-state index contributed by atoms with van der Waals surface area (Å²) in [6.45, 7) is 0.898. The molecule has 0 spiro atoms. The Hall–Kier alpha value is -1.49. The fraction of sp³-hybridized carbons (Fsp3) is 0.500. The number of rotatable bonds is 5. The third-order valence-corrected chi connectivity index (χ3v) is 4.22. The van der Waals surface area contributed by atoms with Gasteiger partial charge in [0.25, 0.3) is 5.91 Å². The number of hydrogen-bond donors (Lipinski definition) is 3. The smallest absolute Gasteiger partial charge is 0.252 e. The number of carbonyl (C=O) groups excluding carboxylic acids is 2. The van der Waals surface area contributed by atoms with Gasteiger partial charge in [-0.1, -0.05) is 31.4 Å². The lowest BCUT2D eigenvalue weighted by Gasteiger charge is -2.20. The molecule has 5 heteroatoms. The minimum absolute atomic E-state index is 0.124. The Bertz CT molecular complexity index is 499. The summed E-state index contributed by atoms with van der Waals surface area (Å²) in [5, 5.41) is 5.70. The summed E-state index contributed by atoms with van der Waals surface area (Å²) in [5.41, 5.74) is 0.555. The molecule has 0 saturated heterocycles. The van der Waals surface area contributed by atoms with Crippen molar-refractivity contribution < 1.29 is 9.59 Å². The lowest BCUT2D eigenvalue weighted by atomic mass is 9.89.